The Morgan fingerprint density at radius 1 is 1.53 bits per heavy atom. The molecule has 0 spiro atoms. The number of hydrogen-bond donors (Lipinski definition) is 1. The molecule has 3 heteroatoms. The maximum absolute atomic E-state index is 6.19. The van der Waals surface area contributed by atoms with E-state index in [0.717, 1.165) is 38.7 Å². The van der Waals surface area contributed by atoms with Crippen molar-refractivity contribution in [3.05, 3.63) is 11.8 Å². The van der Waals surface area contributed by atoms with Crippen LogP contribution in [0.1, 0.15) is 38.5 Å². The molecule has 1 saturated carbocycles. The molecule has 1 atom stereocenters. The lowest BCUT2D eigenvalue weighted by atomic mass is 9.74. The highest BCUT2D eigenvalue weighted by Crippen LogP contribution is 2.39. The van der Waals surface area contributed by atoms with Gasteiger partial charge in [0.05, 0.1) is 18.5 Å². The molecule has 2 N–H and O–H groups in total. The molecule has 0 radical (unpaired) electrons. The molecular formula is C12H21NO2. The molecule has 1 unspecified atom stereocenters. The number of nitrogens with two attached hydrogens (primary N) is 1. The summed E-state index contributed by atoms with van der Waals surface area (Å²) in [7, 11) is 1.80. The third-order valence-corrected chi connectivity index (χ3v) is 3.73. The smallest absolute Gasteiger partial charge is 0.0876 e. The maximum atomic E-state index is 6.19. The van der Waals surface area contributed by atoms with Gasteiger partial charge in [-0.3, -0.25) is 0 Å². The van der Waals surface area contributed by atoms with Crippen molar-refractivity contribution in [1.82, 2.24) is 0 Å². The summed E-state index contributed by atoms with van der Waals surface area (Å²) in [6.45, 7) is 0.839. The molecule has 1 heterocycles. The first-order chi connectivity index (χ1) is 7.26. The Balaban J connectivity index is 1.90. The van der Waals surface area contributed by atoms with Crippen LogP contribution in [0, 0.1) is 0 Å². The van der Waals surface area contributed by atoms with E-state index in [1.807, 2.05) is 6.26 Å². The Morgan fingerprint density at radius 2 is 2.33 bits per heavy atom. The third kappa shape index (κ3) is 2.34. The van der Waals surface area contributed by atoms with Crippen molar-refractivity contribution in [2.75, 3.05) is 13.7 Å². The average Bonchev–Trinajstić information content (AvgIpc) is 2.24. The van der Waals surface area contributed by atoms with Gasteiger partial charge in [0.15, 0.2) is 0 Å². The molecule has 2 aliphatic rings. The van der Waals surface area contributed by atoms with Gasteiger partial charge in [-0.05, 0) is 44.1 Å². The summed E-state index contributed by atoms with van der Waals surface area (Å²) < 4.78 is 10.9. The fourth-order valence-corrected chi connectivity index (χ4v) is 2.45. The Bertz CT molecular complexity index is 240. The van der Waals surface area contributed by atoms with Gasteiger partial charge in [0.2, 0.25) is 0 Å². The fraction of sp³-hybridized carbons (Fsp3) is 0.833. The topological polar surface area (TPSA) is 44.5 Å². The Kier molecular flexibility index (Phi) is 3.32. The molecule has 15 heavy (non-hydrogen) atoms. The minimum atomic E-state index is 0.0672. The van der Waals surface area contributed by atoms with Crippen LogP contribution in [-0.4, -0.2) is 25.4 Å². The van der Waals surface area contributed by atoms with Crippen LogP contribution >= 0.6 is 0 Å². The van der Waals surface area contributed by atoms with Crippen molar-refractivity contribution >= 4 is 0 Å². The van der Waals surface area contributed by atoms with E-state index in [-0.39, 0.29) is 11.6 Å². The van der Waals surface area contributed by atoms with Gasteiger partial charge in [-0.1, -0.05) is 0 Å². The third-order valence-electron chi connectivity index (χ3n) is 3.73. The first-order valence-corrected chi connectivity index (χ1v) is 5.87. The van der Waals surface area contributed by atoms with Crippen molar-refractivity contribution in [3.8, 4) is 0 Å². The summed E-state index contributed by atoms with van der Waals surface area (Å²) >= 11 is 0. The van der Waals surface area contributed by atoms with Gasteiger partial charge in [-0.2, -0.15) is 0 Å². The minimum Gasteiger partial charge on any atom is -0.501 e. The van der Waals surface area contributed by atoms with Crippen LogP contribution in [0.3, 0.4) is 0 Å². The molecular weight excluding hydrogens is 190 g/mol. The van der Waals surface area contributed by atoms with Gasteiger partial charge >= 0.3 is 0 Å². The molecule has 1 aliphatic heterocycles. The SMILES string of the molecule is COC1(CC(N)C2=COCCC2)CCC1. The lowest BCUT2D eigenvalue weighted by Crippen LogP contribution is -2.45. The minimum absolute atomic E-state index is 0.0672. The van der Waals surface area contributed by atoms with Crippen LogP contribution in [0.25, 0.3) is 0 Å². The van der Waals surface area contributed by atoms with E-state index in [9.17, 15) is 0 Å². The lowest BCUT2D eigenvalue weighted by Gasteiger charge is -2.42. The van der Waals surface area contributed by atoms with E-state index in [1.54, 1.807) is 7.11 Å². The molecule has 0 aromatic heterocycles. The highest BCUT2D eigenvalue weighted by atomic mass is 16.5. The van der Waals surface area contributed by atoms with E-state index >= 15 is 0 Å². The molecule has 86 valence electrons. The van der Waals surface area contributed by atoms with Gasteiger partial charge in [0.1, 0.15) is 0 Å². The van der Waals surface area contributed by atoms with Gasteiger partial charge in [-0.25, -0.2) is 0 Å². The second-order valence-electron chi connectivity index (χ2n) is 4.72. The van der Waals surface area contributed by atoms with E-state index in [2.05, 4.69) is 0 Å². The van der Waals surface area contributed by atoms with Crippen LogP contribution in [0.15, 0.2) is 11.8 Å². The lowest BCUT2D eigenvalue weighted by molar-refractivity contribution is -0.0799. The highest BCUT2D eigenvalue weighted by molar-refractivity contribution is 5.11. The molecule has 0 aromatic carbocycles. The van der Waals surface area contributed by atoms with E-state index in [4.69, 9.17) is 15.2 Å². The van der Waals surface area contributed by atoms with Gasteiger partial charge in [0, 0.05) is 13.2 Å². The summed E-state index contributed by atoms with van der Waals surface area (Å²) in [6, 6.07) is 0.116. The predicted molar refractivity (Wildman–Crippen MR) is 59.5 cm³/mol. The monoisotopic (exact) mass is 211 g/mol. The van der Waals surface area contributed by atoms with Crippen LogP contribution in [0.4, 0.5) is 0 Å². The standard InChI is InChI=1S/C12H21NO2/c1-14-12(5-3-6-12)8-11(13)10-4-2-7-15-9-10/h9,11H,2-8,13H2,1H3. The predicted octanol–water partition coefficient (Wildman–Crippen LogP) is 1.97. The number of ether oxygens (including phenoxy) is 2. The Labute approximate surface area is 91.6 Å². The van der Waals surface area contributed by atoms with E-state index < -0.39 is 0 Å². The first-order valence-electron chi connectivity index (χ1n) is 5.87. The zero-order valence-corrected chi connectivity index (χ0v) is 9.50. The Hall–Kier alpha value is -0.540. The van der Waals surface area contributed by atoms with E-state index in [0.29, 0.717) is 0 Å². The molecule has 0 amide bonds. The second-order valence-corrected chi connectivity index (χ2v) is 4.72. The summed E-state index contributed by atoms with van der Waals surface area (Å²) in [5.41, 5.74) is 7.51. The molecule has 0 saturated heterocycles. The van der Waals surface area contributed by atoms with Crippen LogP contribution in [-0.2, 0) is 9.47 Å². The van der Waals surface area contributed by atoms with Gasteiger partial charge in [-0.15, -0.1) is 0 Å². The first kappa shape index (κ1) is 11.0. The van der Waals surface area contributed by atoms with Gasteiger partial charge in [0.25, 0.3) is 0 Å². The summed E-state index contributed by atoms with van der Waals surface area (Å²) in [5.74, 6) is 0. The molecule has 1 fully saturated rings. The van der Waals surface area contributed by atoms with Crippen LogP contribution in [0.2, 0.25) is 0 Å². The number of methoxy groups -OCH3 is 1. The van der Waals surface area contributed by atoms with Crippen LogP contribution < -0.4 is 5.73 Å². The van der Waals surface area contributed by atoms with Crippen molar-refractivity contribution in [1.29, 1.82) is 0 Å². The molecule has 2 rings (SSSR count). The number of hydrogen-bond acceptors (Lipinski definition) is 3. The molecule has 0 bridgehead atoms. The maximum Gasteiger partial charge on any atom is 0.0876 e. The second kappa shape index (κ2) is 4.54. The summed E-state index contributed by atoms with van der Waals surface area (Å²) in [4.78, 5) is 0. The normalized spacial score (nSPS) is 26.1. The van der Waals surface area contributed by atoms with Crippen molar-refractivity contribution in [2.24, 2.45) is 5.73 Å². The molecule has 0 aromatic rings. The quantitative estimate of drug-likeness (QED) is 0.773. The van der Waals surface area contributed by atoms with E-state index in [1.165, 1.54) is 12.0 Å². The van der Waals surface area contributed by atoms with Crippen LogP contribution in [0.5, 0.6) is 0 Å². The van der Waals surface area contributed by atoms with Crippen molar-refractivity contribution in [3.63, 3.8) is 0 Å². The zero-order valence-electron chi connectivity index (χ0n) is 9.50. The molecule has 3 nitrogen and oxygen atoms in total. The fourth-order valence-electron chi connectivity index (χ4n) is 2.45. The summed E-state index contributed by atoms with van der Waals surface area (Å²) in [6.07, 6.45) is 8.57. The highest BCUT2D eigenvalue weighted by Gasteiger charge is 2.38. The Morgan fingerprint density at radius 3 is 2.80 bits per heavy atom. The average molecular weight is 211 g/mol. The van der Waals surface area contributed by atoms with Gasteiger partial charge < -0.3 is 15.2 Å². The zero-order chi connectivity index (χ0) is 10.7. The van der Waals surface area contributed by atoms with Crippen molar-refractivity contribution in [2.45, 2.75) is 50.2 Å². The largest absolute Gasteiger partial charge is 0.501 e. The number of rotatable bonds is 4. The van der Waals surface area contributed by atoms with Crippen molar-refractivity contribution < 1.29 is 9.47 Å². The molecule has 1 aliphatic carbocycles. The summed E-state index contributed by atoms with van der Waals surface area (Å²) in [5, 5.41) is 0.